The van der Waals surface area contributed by atoms with E-state index in [2.05, 4.69) is 27.3 Å². The number of nitrogens with zero attached hydrogens (tertiary/aromatic N) is 3. The molecule has 0 spiro atoms. The lowest BCUT2D eigenvalue weighted by Gasteiger charge is -2.38. The monoisotopic (exact) mass is 498 g/mol. The van der Waals surface area contributed by atoms with Crippen molar-refractivity contribution in [2.24, 2.45) is 11.8 Å². The van der Waals surface area contributed by atoms with Crippen molar-refractivity contribution in [2.45, 2.75) is 56.8 Å². The number of aliphatic hydroxyl groups excluding tert-OH is 1. The van der Waals surface area contributed by atoms with Gasteiger partial charge in [0.2, 0.25) is 5.91 Å². The first-order valence-electron chi connectivity index (χ1n) is 13.5. The third kappa shape index (κ3) is 4.40. The molecule has 7 nitrogen and oxygen atoms in total. The zero-order chi connectivity index (χ0) is 25.4. The van der Waals surface area contributed by atoms with Crippen molar-refractivity contribution in [2.75, 3.05) is 13.2 Å². The zero-order valence-corrected chi connectivity index (χ0v) is 21.0. The van der Waals surface area contributed by atoms with Crippen LogP contribution in [0.5, 0.6) is 0 Å². The van der Waals surface area contributed by atoms with Gasteiger partial charge in [-0.1, -0.05) is 49.2 Å². The summed E-state index contributed by atoms with van der Waals surface area (Å²) < 4.78 is 1.85. The Balaban J connectivity index is 1.39. The Hall–Kier alpha value is -3.29. The number of nitrogens with one attached hydrogen (secondary N) is 1. The van der Waals surface area contributed by atoms with E-state index in [0.29, 0.717) is 12.1 Å². The summed E-state index contributed by atoms with van der Waals surface area (Å²) in [7, 11) is 0. The number of fused-ring (bicyclic) bond motifs is 4. The first-order valence-corrected chi connectivity index (χ1v) is 13.5. The van der Waals surface area contributed by atoms with Crippen molar-refractivity contribution in [3.8, 4) is 11.1 Å². The van der Waals surface area contributed by atoms with Crippen molar-refractivity contribution >= 4 is 5.91 Å². The number of carbonyl (C=O) groups is 1. The third-order valence-corrected chi connectivity index (χ3v) is 8.65. The number of hydrogen-bond acceptors (Lipinski definition) is 5. The highest BCUT2D eigenvalue weighted by Crippen LogP contribution is 2.48. The van der Waals surface area contributed by atoms with Gasteiger partial charge in [0.25, 0.3) is 5.56 Å². The molecule has 2 aliphatic heterocycles. The van der Waals surface area contributed by atoms with E-state index in [9.17, 15) is 14.7 Å². The first-order chi connectivity index (χ1) is 18.2. The Kier molecular flexibility index (Phi) is 6.65. The summed E-state index contributed by atoms with van der Waals surface area (Å²) >= 11 is 0. The topological polar surface area (TPSA) is 87.5 Å². The average Bonchev–Trinajstić information content (AvgIpc) is 3.52. The molecule has 0 radical (unpaired) electrons. The molecule has 1 aromatic carbocycles. The summed E-state index contributed by atoms with van der Waals surface area (Å²) in [4.78, 5) is 34.1. The lowest BCUT2D eigenvalue weighted by molar-refractivity contribution is -0.128. The molecule has 1 saturated heterocycles. The Morgan fingerprint density at radius 1 is 1.05 bits per heavy atom. The van der Waals surface area contributed by atoms with E-state index in [1.165, 1.54) is 5.56 Å². The van der Waals surface area contributed by atoms with Crippen LogP contribution in [0.3, 0.4) is 0 Å². The summed E-state index contributed by atoms with van der Waals surface area (Å²) in [5.74, 6) is -0.618. The van der Waals surface area contributed by atoms with E-state index in [1.807, 2.05) is 47.0 Å². The van der Waals surface area contributed by atoms with Gasteiger partial charge < -0.3 is 15.0 Å². The standard InChI is InChI=1S/C30H34N4O3/c35-19-24-26-18-34-25(13-12-23(30(34)37)21-9-6-15-31-17-21)28(27(24)29(36)32-22-10-4-5-11-22)33(26)16-14-20-7-2-1-3-8-20/h1-3,6-9,12-13,15,17,22,24,26-28,35H,4-5,10-11,14,16,18-19H2,(H,32,36)/t24-,26-,27+,28+/m0/s1. The minimum atomic E-state index is -0.399. The van der Waals surface area contributed by atoms with Crippen LogP contribution in [-0.2, 0) is 17.8 Å². The molecule has 192 valence electrons. The van der Waals surface area contributed by atoms with Gasteiger partial charge in [0.15, 0.2) is 0 Å². The fourth-order valence-corrected chi connectivity index (χ4v) is 6.84. The van der Waals surface area contributed by atoms with Crippen molar-refractivity contribution in [3.63, 3.8) is 0 Å². The number of aliphatic hydroxyl groups is 1. The summed E-state index contributed by atoms with van der Waals surface area (Å²) in [5, 5.41) is 13.9. The maximum absolute atomic E-state index is 13.8. The Labute approximate surface area is 217 Å². The predicted molar refractivity (Wildman–Crippen MR) is 142 cm³/mol. The molecule has 4 atom stereocenters. The molecule has 4 heterocycles. The molecule has 1 saturated carbocycles. The second-order valence-corrected chi connectivity index (χ2v) is 10.7. The van der Waals surface area contributed by atoms with Crippen LogP contribution in [0.4, 0.5) is 0 Å². The predicted octanol–water partition coefficient (Wildman–Crippen LogP) is 3.18. The quantitative estimate of drug-likeness (QED) is 0.523. The molecular weight excluding hydrogens is 464 g/mol. The fourth-order valence-electron chi connectivity index (χ4n) is 6.84. The van der Waals surface area contributed by atoms with Gasteiger partial charge in [-0.05, 0) is 43.0 Å². The molecule has 6 rings (SSSR count). The van der Waals surface area contributed by atoms with Gasteiger partial charge in [-0.2, -0.15) is 0 Å². The van der Waals surface area contributed by atoms with Gasteiger partial charge in [-0.15, -0.1) is 0 Å². The second kappa shape index (κ2) is 10.2. The van der Waals surface area contributed by atoms with Gasteiger partial charge in [0.1, 0.15) is 0 Å². The van der Waals surface area contributed by atoms with Gasteiger partial charge in [0, 0.05) is 66.9 Å². The largest absolute Gasteiger partial charge is 0.396 e. The molecule has 2 bridgehead atoms. The van der Waals surface area contributed by atoms with E-state index in [4.69, 9.17) is 0 Å². The van der Waals surface area contributed by atoms with Crippen LogP contribution >= 0.6 is 0 Å². The first kappa shape index (κ1) is 24.1. The minimum Gasteiger partial charge on any atom is -0.396 e. The molecule has 0 unspecified atom stereocenters. The van der Waals surface area contributed by atoms with Crippen molar-refractivity contribution < 1.29 is 9.90 Å². The molecule has 1 amide bonds. The van der Waals surface area contributed by atoms with Crippen LogP contribution in [0, 0.1) is 11.8 Å². The number of rotatable bonds is 7. The van der Waals surface area contributed by atoms with Gasteiger partial charge in [-0.25, -0.2) is 0 Å². The average molecular weight is 499 g/mol. The summed E-state index contributed by atoms with van der Waals surface area (Å²) in [5.41, 5.74) is 3.45. The summed E-state index contributed by atoms with van der Waals surface area (Å²) in [6.45, 7) is 1.15. The van der Waals surface area contributed by atoms with Gasteiger partial charge >= 0.3 is 0 Å². The molecule has 3 aromatic rings. The van der Waals surface area contributed by atoms with E-state index < -0.39 is 5.92 Å². The number of aromatic nitrogens is 2. The van der Waals surface area contributed by atoms with Crippen molar-refractivity contribution in [1.82, 2.24) is 19.8 Å². The van der Waals surface area contributed by atoms with E-state index >= 15 is 0 Å². The molecule has 7 heteroatoms. The molecular formula is C30H34N4O3. The van der Waals surface area contributed by atoms with Crippen LogP contribution in [0.25, 0.3) is 11.1 Å². The molecule has 3 aliphatic rings. The Bertz CT molecular complexity index is 1300. The molecule has 2 N–H and O–H groups in total. The maximum Gasteiger partial charge on any atom is 0.258 e. The lowest BCUT2D eigenvalue weighted by Crippen LogP contribution is -2.47. The number of hydrogen-bond donors (Lipinski definition) is 2. The number of pyridine rings is 2. The Morgan fingerprint density at radius 3 is 2.59 bits per heavy atom. The van der Waals surface area contributed by atoms with E-state index in [0.717, 1.165) is 49.9 Å². The normalized spacial score (nSPS) is 25.2. The van der Waals surface area contributed by atoms with Gasteiger partial charge in [-0.3, -0.25) is 19.5 Å². The van der Waals surface area contributed by atoms with Crippen molar-refractivity contribution in [3.05, 3.63) is 88.6 Å². The SMILES string of the molecule is O=C(NC1CCCC1)[C@@H]1[C@@H](CO)[C@@H]2Cn3c(ccc(-c4cccnc4)c3=O)[C@H]1N2CCc1ccccc1. The molecule has 2 fully saturated rings. The van der Waals surface area contributed by atoms with Crippen LogP contribution < -0.4 is 10.9 Å². The van der Waals surface area contributed by atoms with Crippen molar-refractivity contribution in [1.29, 1.82) is 0 Å². The highest BCUT2D eigenvalue weighted by Gasteiger charge is 2.55. The van der Waals surface area contributed by atoms with Crippen LogP contribution in [0.1, 0.15) is 43.0 Å². The molecule has 37 heavy (non-hydrogen) atoms. The second-order valence-electron chi connectivity index (χ2n) is 10.7. The smallest absolute Gasteiger partial charge is 0.258 e. The number of carbonyl (C=O) groups excluding carboxylic acids is 1. The summed E-state index contributed by atoms with van der Waals surface area (Å²) in [6.07, 6.45) is 8.57. The number of benzene rings is 1. The minimum absolute atomic E-state index is 0.0143. The van der Waals surface area contributed by atoms with Crippen LogP contribution in [0.2, 0.25) is 0 Å². The van der Waals surface area contributed by atoms with Gasteiger partial charge in [0.05, 0.1) is 12.0 Å². The van der Waals surface area contributed by atoms with Crippen LogP contribution in [0.15, 0.2) is 71.8 Å². The fraction of sp³-hybridized carbons (Fsp3) is 0.433. The molecule has 1 aliphatic carbocycles. The highest BCUT2D eigenvalue weighted by molar-refractivity contribution is 5.81. The Morgan fingerprint density at radius 2 is 1.86 bits per heavy atom. The zero-order valence-electron chi connectivity index (χ0n) is 21.0. The molecule has 2 aromatic heterocycles. The van der Waals surface area contributed by atoms with Crippen LogP contribution in [-0.4, -0.2) is 50.7 Å². The lowest BCUT2D eigenvalue weighted by atomic mass is 9.86. The highest BCUT2D eigenvalue weighted by atomic mass is 16.3. The third-order valence-electron chi connectivity index (χ3n) is 8.65. The number of amides is 1. The van der Waals surface area contributed by atoms with E-state index in [1.54, 1.807) is 12.4 Å². The van der Waals surface area contributed by atoms with E-state index in [-0.39, 0.29) is 42.1 Å². The summed E-state index contributed by atoms with van der Waals surface area (Å²) in [6, 6.07) is 17.8. The maximum atomic E-state index is 13.8.